The van der Waals surface area contributed by atoms with Gasteiger partial charge in [-0.3, -0.25) is 4.98 Å². The second-order valence-electron chi connectivity index (χ2n) is 3.49. The summed E-state index contributed by atoms with van der Waals surface area (Å²) in [7, 11) is 0. The number of rotatable bonds is 1. The van der Waals surface area contributed by atoms with Crippen molar-refractivity contribution in [2.45, 2.75) is 0 Å². The van der Waals surface area contributed by atoms with Gasteiger partial charge in [-0.25, -0.2) is 4.98 Å². The summed E-state index contributed by atoms with van der Waals surface area (Å²) in [6.07, 6.45) is 3.30. The van der Waals surface area contributed by atoms with Gasteiger partial charge in [-0.2, -0.15) is 0 Å². The molecule has 0 aliphatic rings. The third kappa shape index (κ3) is 1.88. The maximum Gasteiger partial charge on any atom is 0.228 e. The fraction of sp³-hybridized carbons (Fsp3) is 0. The summed E-state index contributed by atoms with van der Waals surface area (Å²) >= 11 is 11.9. The Balaban J connectivity index is 2.20. The first-order valence-electron chi connectivity index (χ1n) is 4.90. The predicted octanol–water partition coefficient (Wildman–Crippen LogP) is 4.20. The summed E-state index contributed by atoms with van der Waals surface area (Å²) in [4.78, 5) is 8.30. The van der Waals surface area contributed by atoms with Crippen molar-refractivity contribution in [1.29, 1.82) is 0 Å². The average molecular weight is 265 g/mol. The molecule has 1 aromatic carbocycles. The van der Waals surface area contributed by atoms with Crippen molar-refractivity contribution in [2.75, 3.05) is 0 Å². The van der Waals surface area contributed by atoms with Gasteiger partial charge in [0.2, 0.25) is 5.89 Å². The van der Waals surface area contributed by atoms with Crippen LogP contribution in [0.25, 0.3) is 22.6 Å². The maximum absolute atomic E-state index is 6.09. The summed E-state index contributed by atoms with van der Waals surface area (Å²) in [6.45, 7) is 0. The Kier molecular flexibility index (Phi) is 2.50. The molecule has 0 saturated heterocycles. The minimum Gasteiger partial charge on any atom is -0.436 e. The van der Waals surface area contributed by atoms with E-state index in [4.69, 9.17) is 27.6 Å². The number of fused-ring (bicyclic) bond motifs is 1. The molecule has 0 amide bonds. The predicted molar refractivity (Wildman–Crippen MR) is 67.3 cm³/mol. The van der Waals surface area contributed by atoms with Gasteiger partial charge >= 0.3 is 0 Å². The Bertz CT molecular complexity index is 661. The molecule has 0 N–H and O–H groups in total. The van der Waals surface area contributed by atoms with Gasteiger partial charge in [-0.1, -0.05) is 23.2 Å². The maximum atomic E-state index is 6.09. The lowest BCUT2D eigenvalue weighted by molar-refractivity contribution is 0.619. The number of oxazole rings is 1. The smallest absolute Gasteiger partial charge is 0.228 e. The Morgan fingerprint density at radius 2 is 2.00 bits per heavy atom. The third-order valence-electron chi connectivity index (χ3n) is 2.35. The van der Waals surface area contributed by atoms with Crippen LogP contribution in [0.5, 0.6) is 0 Å². The van der Waals surface area contributed by atoms with Crippen LogP contribution in [0.4, 0.5) is 0 Å². The quantitative estimate of drug-likeness (QED) is 0.662. The first-order valence-corrected chi connectivity index (χ1v) is 5.65. The van der Waals surface area contributed by atoms with E-state index >= 15 is 0 Å². The van der Waals surface area contributed by atoms with Gasteiger partial charge < -0.3 is 4.42 Å². The molecule has 3 nitrogen and oxygen atoms in total. The molecule has 3 rings (SSSR count). The van der Waals surface area contributed by atoms with Gasteiger partial charge in [-0.15, -0.1) is 0 Å². The van der Waals surface area contributed by atoms with Crippen LogP contribution in [0, 0.1) is 0 Å². The number of benzene rings is 1. The minimum absolute atomic E-state index is 0.467. The van der Waals surface area contributed by atoms with Gasteiger partial charge in [0.1, 0.15) is 5.52 Å². The molecule has 0 saturated carbocycles. The molecule has 3 aromatic rings. The molecule has 84 valence electrons. The summed E-state index contributed by atoms with van der Waals surface area (Å²) in [5, 5.41) is 1.09. The Labute approximate surface area is 107 Å². The molecule has 0 unspecified atom stereocenters. The van der Waals surface area contributed by atoms with Crippen LogP contribution in [0.2, 0.25) is 10.0 Å². The molecule has 0 atom stereocenters. The summed E-state index contributed by atoms with van der Waals surface area (Å²) < 4.78 is 5.60. The van der Waals surface area contributed by atoms with E-state index in [1.165, 1.54) is 0 Å². The van der Waals surface area contributed by atoms with Crippen LogP contribution in [0.1, 0.15) is 0 Å². The highest BCUT2D eigenvalue weighted by Gasteiger charge is 2.11. The lowest BCUT2D eigenvalue weighted by Gasteiger charge is -1.98. The highest BCUT2D eigenvalue weighted by molar-refractivity contribution is 6.36. The molecule has 0 bridgehead atoms. The van der Waals surface area contributed by atoms with Gasteiger partial charge in [-0.05, 0) is 18.2 Å². The van der Waals surface area contributed by atoms with Crippen LogP contribution >= 0.6 is 23.2 Å². The summed E-state index contributed by atoms with van der Waals surface area (Å²) in [6, 6.07) is 6.94. The van der Waals surface area contributed by atoms with Crippen LogP contribution in [0.15, 0.2) is 41.1 Å². The zero-order valence-electron chi connectivity index (χ0n) is 8.52. The number of aromatic nitrogens is 2. The fourth-order valence-electron chi connectivity index (χ4n) is 1.56. The number of halogens is 2. The summed E-state index contributed by atoms with van der Waals surface area (Å²) in [5.74, 6) is 0.467. The monoisotopic (exact) mass is 264 g/mol. The second-order valence-corrected chi connectivity index (χ2v) is 4.33. The molecule has 17 heavy (non-hydrogen) atoms. The first-order chi connectivity index (χ1) is 8.24. The molecule has 0 spiro atoms. The van der Waals surface area contributed by atoms with Gasteiger partial charge in [0.25, 0.3) is 0 Å². The molecule has 2 aromatic heterocycles. The molecule has 0 radical (unpaired) electrons. The Morgan fingerprint density at radius 3 is 2.76 bits per heavy atom. The number of hydrogen-bond donors (Lipinski definition) is 0. The molecular formula is C12H6Cl2N2O. The second kappa shape index (κ2) is 4.02. The van der Waals surface area contributed by atoms with E-state index < -0.39 is 0 Å². The van der Waals surface area contributed by atoms with Crippen molar-refractivity contribution in [3.8, 4) is 11.5 Å². The molecule has 0 aliphatic carbocycles. The van der Waals surface area contributed by atoms with E-state index in [2.05, 4.69) is 9.97 Å². The van der Waals surface area contributed by atoms with Gasteiger partial charge in [0.05, 0.1) is 16.8 Å². The highest BCUT2D eigenvalue weighted by atomic mass is 35.5. The summed E-state index contributed by atoms with van der Waals surface area (Å²) in [5.41, 5.74) is 2.10. The van der Waals surface area contributed by atoms with E-state index in [1.54, 1.807) is 36.7 Å². The Morgan fingerprint density at radius 1 is 1.12 bits per heavy atom. The Hall–Kier alpha value is -1.58. The van der Waals surface area contributed by atoms with Crippen molar-refractivity contribution in [1.82, 2.24) is 9.97 Å². The topological polar surface area (TPSA) is 38.9 Å². The number of nitrogens with zero attached hydrogens (tertiary/aromatic N) is 2. The molecule has 0 aliphatic heterocycles. The van der Waals surface area contributed by atoms with Crippen molar-refractivity contribution in [3.05, 3.63) is 46.7 Å². The fourth-order valence-corrected chi connectivity index (χ4v) is 2.05. The molecule has 5 heteroatoms. The van der Waals surface area contributed by atoms with Crippen molar-refractivity contribution in [3.63, 3.8) is 0 Å². The normalized spacial score (nSPS) is 10.9. The van der Waals surface area contributed by atoms with Crippen molar-refractivity contribution < 1.29 is 4.42 Å². The zero-order valence-corrected chi connectivity index (χ0v) is 10.0. The first kappa shape index (κ1) is 10.6. The van der Waals surface area contributed by atoms with E-state index in [1.807, 2.05) is 0 Å². The molecule has 2 heterocycles. The van der Waals surface area contributed by atoms with Gasteiger partial charge in [0.15, 0.2) is 5.58 Å². The number of pyridine rings is 1. The van der Waals surface area contributed by atoms with E-state index in [-0.39, 0.29) is 0 Å². The van der Waals surface area contributed by atoms with E-state index in [0.717, 1.165) is 0 Å². The average Bonchev–Trinajstić information content (AvgIpc) is 2.72. The van der Waals surface area contributed by atoms with Crippen LogP contribution in [-0.4, -0.2) is 9.97 Å². The van der Waals surface area contributed by atoms with Crippen LogP contribution < -0.4 is 0 Å². The SMILES string of the molecule is Clc1ccc(-c2nc3cnccc3o2)c(Cl)c1. The number of hydrogen-bond acceptors (Lipinski definition) is 3. The van der Waals surface area contributed by atoms with Gasteiger partial charge in [0, 0.05) is 17.3 Å². The molecular weight excluding hydrogens is 259 g/mol. The standard InChI is InChI=1S/C12H6Cl2N2O/c13-7-1-2-8(9(14)5-7)12-16-10-6-15-4-3-11(10)17-12/h1-6H. The lowest BCUT2D eigenvalue weighted by atomic mass is 10.2. The van der Waals surface area contributed by atoms with Crippen molar-refractivity contribution in [2.24, 2.45) is 0 Å². The minimum atomic E-state index is 0.467. The van der Waals surface area contributed by atoms with E-state index in [9.17, 15) is 0 Å². The van der Waals surface area contributed by atoms with Crippen LogP contribution in [-0.2, 0) is 0 Å². The third-order valence-corrected chi connectivity index (χ3v) is 2.90. The zero-order chi connectivity index (χ0) is 11.8. The molecule has 0 fully saturated rings. The lowest BCUT2D eigenvalue weighted by Crippen LogP contribution is -1.79. The largest absolute Gasteiger partial charge is 0.436 e. The van der Waals surface area contributed by atoms with Crippen molar-refractivity contribution >= 4 is 34.3 Å². The van der Waals surface area contributed by atoms with Crippen LogP contribution in [0.3, 0.4) is 0 Å². The van der Waals surface area contributed by atoms with E-state index in [0.29, 0.717) is 32.6 Å². The highest BCUT2D eigenvalue weighted by Crippen LogP contribution is 2.31.